The van der Waals surface area contributed by atoms with Gasteiger partial charge in [-0.2, -0.15) is 0 Å². The first-order valence-corrected chi connectivity index (χ1v) is 5.59. The van der Waals surface area contributed by atoms with Crippen molar-refractivity contribution in [2.75, 3.05) is 25.1 Å². The van der Waals surface area contributed by atoms with Crippen LogP contribution in [0.4, 0.5) is 5.95 Å². The number of aromatic nitrogens is 3. The number of hydrogen-bond acceptors (Lipinski definition) is 4. The van der Waals surface area contributed by atoms with Gasteiger partial charge in [-0.1, -0.05) is 0 Å². The lowest BCUT2D eigenvalue weighted by molar-refractivity contribution is 0.290. The fourth-order valence-corrected chi connectivity index (χ4v) is 1.58. The SMILES string of the molecule is CN(CCCO)c1ncc(-c2ccc[nH]2)cn1. The topological polar surface area (TPSA) is 65.0 Å². The van der Waals surface area contributed by atoms with Crippen molar-refractivity contribution in [1.82, 2.24) is 15.0 Å². The molecular formula is C12H16N4O. The van der Waals surface area contributed by atoms with E-state index in [9.17, 15) is 0 Å². The number of rotatable bonds is 5. The lowest BCUT2D eigenvalue weighted by Crippen LogP contribution is -2.21. The first-order chi connectivity index (χ1) is 8.31. The first-order valence-electron chi connectivity index (χ1n) is 5.59. The normalized spacial score (nSPS) is 10.5. The molecule has 0 aliphatic rings. The van der Waals surface area contributed by atoms with Crippen molar-refractivity contribution in [3.05, 3.63) is 30.7 Å². The number of aromatic amines is 1. The molecule has 90 valence electrons. The molecule has 0 saturated heterocycles. The van der Waals surface area contributed by atoms with Crippen LogP contribution in [-0.4, -0.2) is 40.3 Å². The maximum Gasteiger partial charge on any atom is 0.225 e. The predicted octanol–water partition coefficient (Wildman–Crippen LogP) is 1.29. The van der Waals surface area contributed by atoms with E-state index in [1.165, 1.54) is 0 Å². The summed E-state index contributed by atoms with van der Waals surface area (Å²) in [4.78, 5) is 13.6. The molecule has 2 aromatic rings. The van der Waals surface area contributed by atoms with Crippen LogP contribution in [0.3, 0.4) is 0 Å². The smallest absolute Gasteiger partial charge is 0.225 e. The number of aliphatic hydroxyl groups excluding tert-OH is 1. The quantitative estimate of drug-likeness (QED) is 0.815. The van der Waals surface area contributed by atoms with Gasteiger partial charge in [-0.3, -0.25) is 0 Å². The van der Waals surface area contributed by atoms with Gasteiger partial charge in [-0.15, -0.1) is 0 Å². The molecule has 0 fully saturated rings. The van der Waals surface area contributed by atoms with Gasteiger partial charge in [-0.25, -0.2) is 9.97 Å². The third kappa shape index (κ3) is 2.82. The molecule has 0 unspecified atom stereocenters. The second-order valence-electron chi connectivity index (χ2n) is 3.85. The molecule has 0 bridgehead atoms. The molecule has 5 heteroatoms. The summed E-state index contributed by atoms with van der Waals surface area (Å²) in [5.74, 6) is 0.675. The van der Waals surface area contributed by atoms with Crippen molar-refractivity contribution in [2.45, 2.75) is 6.42 Å². The van der Waals surface area contributed by atoms with Crippen molar-refractivity contribution < 1.29 is 5.11 Å². The van der Waals surface area contributed by atoms with Crippen molar-refractivity contribution in [3.63, 3.8) is 0 Å². The molecule has 0 atom stereocenters. The lowest BCUT2D eigenvalue weighted by atomic mass is 10.2. The lowest BCUT2D eigenvalue weighted by Gasteiger charge is -2.15. The standard InChI is InChI=1S/C12H16N4O/c1-16(6-3-7-17)12-14-8-10(9-15-12)11-4-2-5-13-11/h2,4-5,8-9,13,17H,3,6-7H2,1H3. The summed E-state index contributed by atoms with van der Waals surface area (Å²) >= 11 is 0. The number of nitrogens with zero attached hydrogens (tertiary/aromatic N) is 3. The summed E-state index contributed by atoms with van der Waals surface area (Å²) < 4.78 is 0. The average Bonchev–Trinajstić information content (AvgIpc) is 2.90. The van der Waals surface area contributed by atoms with Crippen LogP contribution in [0, 0.1) is 0 Å². The monoisotopic (exact) mass is 232 g/mol. The Hall–Kier alpha value is -1.88. The molecular weight excluding hydrogens is 216 g/mol. The second-order valence-corrected chi connectivity index (χ2v) is 3.85. The fourth-order valence-electron chi connectivity index (χ4n) is 1.58. The van der Waals surface area contributed by atoms with Crippen LogP contribution >= 0.6 is 0 Å². The predicted molar refractivity (Wildman–Crippen MR) is 66.8 cm³/mol. The van der Waals surface area contributed by atoms with E-state index in [1.54, 1.807) is 12.4 Å². The highest BCUT2D eigenvalue weighted by molar-refractivity contribution is 5.57. The van der Waals surface area contributed by atoms with Gasteiger partial charge in [0.1, 0.15) is 0 Å². The van der Waals surface area contributed by atoms with Gasteiger partial charge in [0.15, 0.2) is 0 Å². The molecule has 0 aliphatic carbocycles. The van der Waals surface area contributed by atoms with Gasteiger partial charge in [0.05, 0.1) is 0 Å². The van der Waals surface area contributed by atoms with E-state index in [2.05, 4.69) is 15.0 Å². The fraction of sp³-hybridized carbons (Fsp3) is 0.333. The van der Waals surface area contributed by atoms with Crippen LogP contribution in [0.2, 0.25) is 0 Å². The van der Waals surface area contributed by atoms with Crippen LogP contribution in [-0.2, 0) is 0 Å². The highest BCUT2D eigenvalue weighted by Crippen LogP contribution is 2.16. The molecule has 0 aliphatic heterocycles. The Bertz CT molecular complexity index is 438. The molecule has 2 N–H and O–H groups in total. The van der Waals surface area contributed by atoms with Gasteiger partial charge >= 0.3 is 0 Å². The molecule has 2 rings (SSSR count). The van der Waals surface area contributed by atoms with Crippen LogP contribution in [0.5, 0.6) is 0 Å². The maximum absolute atomic E-state index is 8.76. The van der Waals surface area contributed by atoms with E-state index in [4.69, 9.17) is 5.11 Å². The van der Waals surface area contributed by atoms with E-state index < -0.39 is 0 Å². The molecule has 0 saturated carbocycles. The van der Waals surface area contributed by atoms with E-state index in [0.29, 0.717) is 5.95 Å². The summed E-state index contributed by atoms with van der Waals surface area (Å²) in [6, 6.07) is 3.92. The van der Waals surface area contributed by atoms with Gasteiger partial charge in [0, 0.05) is 50.0 Å². The minimum absolute atomic E-state index is 0.185. The Morgan fingerprint density at radius 1 is 1.35 bits per heavy atom. The Balaban J connectivity index is 2.08. The van der Waals surface area contributed by atoms with E-state index >= 15 is 0 Å². The van der Waals surface area contributed by atoms with Crippen molar-refractivity contribution in [1.29, 1.82) is 0 Å². The summed E-state index contributed by atoms with van der Waals surface area (Å²) in [6.07, 6.45) is 6.18. The Labute approximate surface area is 100 Å². The Kier molecular flexibility index (Phi) is 3.72. The van der Waals surface area contributed by atoms with E-state index in [1.807, 2.05) is 30.3 Å². The van der Waals surface area contributed by atoms with Crippen LogP contribution in [0.15, 0.2) is 30.7 Å². The van der Waals surface area contributed by atoms with E-state index in [-0.39, 0.29) is 6.61 Å². The molecule has 17 heavy (non-hydrogen) atoms. The zero-order valence-electron chi connectivity index (χ0n) is 9.80. The zero-order chi connectivity index (χ0) is 12.1. The largest absolute Gasteiger partial charge is 0.396 e. The average molecular weight is 232 g/mol. The van der Waals surface area contributed by atoms with Gasteiger partial charge in [-0.05, 0) is 18.6 Å². The molecule has 2 aromatic heterocycles. The number of hydrogen-bond donors (Lipinski definition) is 2. The van der Waals surface area contributed by atoms with Crippen molar-refractivity contribution >= 4 is 5.95 Å². The molecule has 0 aromatic carbocycles. The third-order valence-corrected chi connectivity index (χ3v) is 2.54. The van der Waals surface area contributed by atoms with E-state index in [0.717, 1.165) is 24.2 Å². The molecule has 0 spiro atoms. The number of H-pyrrole nitrogens is 1. The van der Waals surface area contributed by atoms with Gasteiger partial charge < -0.3 is 15.0 Å². The summed E-state index contributed by atoms with van der Waals surface area (Å²) in [7, 11) is 1.92. The van der Waals surface area contributed by atoms with Crippen LogP contribution in [0.25, 0.3) is 11.3 Å². The summed E-state index contributed by atoms with van der Waals surface area (Å²) in [5, 5.41) is 8.76. The molecule has 2 heterocycles. The minimum atomic E-state index is 0.185. The minimum Gasteiger partial charge on any atom is -0.396 e. The number of nitrogens with one attached hydrogen (secondary N) is 1. The molecule has 0 amide bonds. The summed E-state index contributed by atoms with van der Waals surface area (Å²) in [6.45, 7) is 0.934. The third-order valence-electron chi connectivity index (χ3n) is 2.54. The van der Waals surface area contributed by atoms with Crippen molar-refractivity contribution in [2.24, 2.45) is 0 Å². The Morgan fingerprint density at radius 3 is 2.71 bits per heavy atom. The van der Waals surface area contributed by atoms with Crippen LogP contribution in [0.1, 0.15) is 6.42 Å². The van der Waals surface area contributed by atoms with Gasteiger partial charge in [0.25, 0.3) is 0 Å². The zero-order valence-corrected chi connectivity index (χ0v) is 9.80. The summed E-state index contributed by atoms with van der Waals surface area (Å²) in [5.41, 5.74) is 1.98. The molecule has 5 nitrogen and oxygen atoms in total. The highest BCUT2D eigenvalue weighted by atomic mass is 16.3. The maximum atomic E-state index is 8.76. The Morgan fingerprint density at radius 2 is 2.12 bits per heavy atom. The number of anilines is 1. The van der Waals surface area contributed by atoms with Crippen molar-refractivity contribution in [3.8, 4) is 11.3 Å². The second kappa shape index (κ2) is 5.45. The highest BCUT2D eigenvalue weighted by Gasteiger charge is 2.04. The first kappa shape index (κ1) is 11.6. The van der Waals surface area contributed by atoms with Gasteiger partial charge in [0.2, 0.25) is 5.95 Å². The van der Waals surface area contributed by atoms with Crippen LogP contribution < -0.4 is 4.90 Å². The number of aliphatic hydroxyl groups is 1. The molecule has 0 radical (unpaired) electrons.